The van der Waals surface area contributed by atoms with Crippen molar-refractivity contribution in [1.82, 2.24) is 0 Å². The molecule has 21 heteroatoms. The van der Waals surface area contributed by atoms with Crippen molar-refractivity contribution in [3.63, 3.8) is 0 Å². The topological polar surface area (TPSA) is 232 Å². The van der Waals surface area contributed by atoms with Gasteiger partial charge < -0.3 is 42.8 Å². The molecule has 0 rings (SSSR count). The summed E-state index contributed by atoms with van der Waals surface area (Å²) in [6.45, 7) is 20.9. The van der Waals surface area contributed by atoms with E-state index in [0.29, 0.717) is 12.8 Å². The Balaban J connectivity index is 4.62. The van der Waals surface area contributed by atoms with Crippen LogP contribution in [0.15, 0.2) is 0 Å². The van der Waals surface area contributed by atoms with Crippen molar-refractivity contribution in [1.29, 1.82) is 0 Å². The van der Waals surface area contributed by atoms with E-state index in [2.05, 4.69) is 0 Å². The summed E-state index contributed by atoms with van der Waals surface area (Å²) in [4.78, 5) is 38.4. The van der Waals surface area contributed by atoms with E-state index < -0.39 is 65.8 Å². The smallest absolute Gasteiger partial charge is 0.375 e. The van der Waals surface area contributed by atoms with Gasteiger partial charge in [-0.2, -0.15) is 0 Å². The van der Waals surface area contributed by atoms with E-state index in [1.165, 1.54) is 0 Å². The van der Waals surface area contributed by atoms with Gasteiger partial charge in [0.05, 0.1) is 73.2 Å². The van der Waals surface area contributed by atoms with E-state index in [1.807, 2.05) is 0 Å². The minimum absolute atomic E-state index is 0.0569. The molecular formula is C30H66O17P4. The highest BCUT2D eigenvalue weighted by molar-refractivity contribution is 7.47. The second kappa shape index (κ2) is 21.6. The third-order valence-corrected chi connectivity index (χ3v) is 11.2. The lowest BCUT2D eigenvalue weighted by Crippen LogP contribution is -2.32. The molecule has 4 unspecified atom stereocenters. The summed E-state index contributed by atoms with van der Waals surface area (Å²) >= 11 is 0. The van der Waals surface area contributed by atoms with Gasteiger partial charge in [0.15, 0.2) is 0 Å². The molecule has 0 spiro atoms. The first-order valence-corrected chi connectivity index (χ1v) is 22.4. The molecule has 0 aliphatic rings. The first-order valence-electron chi connectivity index (χ1n) is 16.8. The molecule has 0 aromatic heterocycles. The molecule has 0 bridgehead atoms. The van der Waals surface area contributed by atoms with Gasteiger partial charge in [-0.05, 0) is 122 Å². The lowest BCUT2D eigenvalue weighted by atomic mass is 10.0. The number of hydrogen-bond acceptors (Lipinski definition) is 13. The molecule has 17 nitrogen and oxygen atoms in total. The monoisotopic (exact) mass is 822 g/mol. The van der Waals surface area contributed by atoms with Crippen molar-refractivity contribution >= 4 is 32.2 Å². The van der Waals surface area contributed by atoms with Crippen LogP contribution in [0, 0.1) is 0 Å². The van der Waals surface area contributed by atoms with Gasteiger partial charge in [-0.25, -0.2) is 9.13 Å². The summed E-state index contributed by atoms with van der Waals surface area (Å²) in [5.41, 5.74) is -5.17. The van der Waals surface area contributed by atoms with Crippen LogP contribution < -0.4 is 0 Å². The standard InChI is InChI=1S/C30H66O17P4/c1-25(2,16-22-42-48(31)32)40-20-14-29(9,10)46-51(37,38)44-24-18-27(5,6)41-21-15-30(11,12)47-50(35,36)43-23-17-26(3,4)39-19-13-28(7,8)45-49(33)34/h48-49H,13-24H2,1-12H3,(H,31,32)(H,33,34)(H,35,36)(H,37,38). The lowest BCUT2D eigenvalue weighted by molar-refractivity contribution is -0.0622. The van der Waals surface area contributed by atoms with Crippen molar-refractivity contribution in [2.24, 2.45) is 0 Å². The predicted octanol–water partition coefficient (Wildman–Crippen LogP) is 7.11. The Morgan fingerprint density at radius 1 is 0.451 bits per heavy atom. The minimum atomic E-state index is -4.44. The molecule has 0 aliphatic carbocycles. The molecule has 0 aromatic rings. The second-order valence-electron chi connectivity index (χ2n) is 15.9. The Bertz CT molecular complexity index is 1170. The van der Waals surface area contributed by atoms with Gasteiger partial charge in [0.2, 0.25) is 0 Å². The fourth-order valence-electron chi connectivity index (χ4n) is 4.19. The molecule has 51 heavy (non-hydrogen) atoms. The Labute approximate surface area is 305 Å². The average molecular weight is 823 g/mol. The zero-order valence-corrected chi connectivity index (χ0v) is 36.3. The highest BCUT2D eigenvalue weighted by Gasteiger charge is 2.35. The first-order chi connectivity index (χ1) is 22.8. The van der Waals surface area contributed by atoms with Crippen LogP contribution in [0.1, 0.15) is 122 Å². The highest BCUT2D eigenvalue weighted by atomic mass is 31.2. The first kappa shape index (κ1) is 51.4. The van der Waals surface area contributed by atoms with E-state index in [-0.39, 0.29) is 65.3 Å². The van der Waals surface area contributed by atoms with Crippen LogP contribution in [0.3, 0.4) is 0 Å². The van der Waals surface area contributed by atoms with Gasteiger partial charge in [0.25, 0.3) is 0 Å². The molecule has 0 heterocycles. The fraction of sp³-hybridized carbons (Fsp3) is 1.00. The normalized spacial score (nSPS) is 17.6. The summed E-state index contributed by atoms with van der Waals surface area (Å²) in [7, 11) is -15.0. The van der Waals surface area contributed by atoms with Gasteiger partial charge in [-0.1, -0.05) is 0 Å². The Kier molecular flexibility index (Phi) is 21.8. The van der Waals surface area contributed by atoms with E-state index in [1.54, 1.807) is 83.1 Å². The third kappa shape index (κ3) is 28.5. The summed E-state index contributed by atoms with van der Waals surface area (Å²) in [5.74, 6) is 0. The Morgan fingerprint density at radius 2 is 0.745 bits per heavy atom. The van der Waals surface area contributed by atoms with Crippen LogP contribution in [0.2, 0.25) is 0 Å². The van der Waals surface area contributed by atoms with Gasteiger partial charge >= 0.3 is 32.2 Å². The summed E-state index contributed by atoms with van der Waals surface area (Å²) in [6.07, 6.45) is 1.72. The molecular weight excluding hydrogens is 756 g/mol. The van der Waals surface area contributed by atoms with E-state index >= 15 is 0 Å². The average Bonchev–Trinajstić information content (AvgIpc) is 2.84. The quantitative estimate of drug-likeness (QED) is 0.0528. The number of hydrogen-bond donors (Lipinski definition) is 4. The predicted molar refractivity (Wildman–Crippen MR) is 193 cm³/mol. The van der Waals surface area contributed by atoms with Crippen LogP contribution in [0.5, 0.6) is 0 Å². The van der Waals surface area contributed by atoms with Crippen LogP contribution in [0.25, 0.3) is 0 Å². The van der Waals surface area contributed by atoms with Crippen molar-refractivity contribution in [3.8, 4) is 0 Å². The second-order valence-corrected chi connectivity index (χ2v) is 20.2. The van der Waals surface area contributed by atoms with Gasteiger partial charge in [0, 0.05) is 0 Å². The zero-order valence-electron chi connectivity index (χ0n) is 32.5. The molecule has 0 fully saturated rings. The highest BCUT2D eigenvalue weighted by Crippen LogP contribution is 2.49. The van der Waals surface area contributed by atoms with Gasteiger partial charge in [-0.15, -0.1) is 0 Å². The summed E-state index contributed by atoms with van der Waals surface area (Å²) in [6, 6.07) is 0. The van der Waals surface area contributed by atoms with Gasteiger partial charge in [0.1, 0.15) is 0 Å². The van der Waals surface area contributed by atoms with E-state index in [9.17, 15) is 28.0 Å². The number of ether oxygens (including phenoxy) is 3. The molecule has 0 aromatic carbocycles. The van der Waals surface area contributed by atoms with Crippen LogP contribution in [-0.2, 0) is 59.6 Å². The maximum Gasteiger partial charge on any atom is 0.472 e. The third-order valence-electron chi connectivity index (χ3n) is 7.53. The summed E-state index contributed by atoms with van der Waals surface area (Å²) < 4.78 is 95.5. The van der Waals surface area contributed by atoms with E-state index in [4.69, 9.17) is 51.1 Å². The molecule has 0 aliphatic heterocycles. The lowest BCUT2D eigenvalue weighted by Gasteiger charge is -2.32. The van der Waals surface area contributed by atoms with Crippen LogP contribution >= 0.6 is 32.2 Å². The molecule has 4 N–H and O–H groups in total. The van der Waals surface area contributed by atoms with Crippen LogP contribution in [-0.4, -0.2) is 92.8 Å². The van der Waals surface area contributed by atoms with Crippen molar-refractivity contribution in [2.45, 2.75) is 155 Å². The molecule has 4 atom stereocenters. The maximum atomic E-state index is 12.7. The molecule has 0 saturated heterocycles. The molecule has 0 saturated carbocycles. The Hall–Kier alpha value is 0.400. The van der Waals surface area contributed by atoms with Crippen molar-refractivity contribution in [2.75, 3.05) is 39.6 Å². The number of rotatable bonds is 30. The minimum Gasteiger partial charge on any atom is -0.375 e. The molecule has 0 radical (unpaired) electrons. The van der Waals surface area contributed by atoms with Crippen molar-refractivity contribution in [3.05, 3.63) is 0 Å². The summed E-state index contributed by atoms with van der Waals surface area (Å²) in [5, 5.41) is 0. The fourth-order valence-corrected chi connectivity index (χ4v) is 7.22. The van der Waals surface area contributed by atoms with E-state index in [0.717, 1.165) is 0 Å². The maximum absolute atomic E-state index is 12.7. The van der Waals surface area contributed by atoms with Gasteiger partial charge in [-0.3, -0.25) is 27.2 Å². The molecule has 308 valence electrons. The SMILES string of the molecule is CC(C)(CCO[PH](=O)O)OCCC(C)(C)OP(=O)(O)OCCC(C)(C)OCCC(C)(C)OP(=O)(O)OCCC(C)(C)OCCC(C)(C)O[PH](=O)O. The van der Waals surface area contributed by atoms with Crippen LogP contribution in [0.4, 0.5) is 0 Å². The molecule has 0 amide bonds. The number of phosphoric acid groups is 2. The zero-order chi connectivity index (χ0) is 40.0. The number of phosphoric ester groups is 2. The van der Waals surface area contributed by atoms with Crippen molar-refractivity contribution < 1.29 is 79.2 Å². The largest absolute Gasteiger partial charge is 0.472 e. The Morgan fingerprint density at radius 3 is 1.06 bits per heavy atom.